The molecule has 2 aromatic rings. The summed E-state index contributed by atoms with van der Waals surface area (Å²) in [6.45, 7) is 0. The Morgan fingerprint density at radius 1 is 1.25 bits per heavy atom. The number of nitrogens with zero attached hydrogens (tertiary/aromatic N) is 2. The highest BCUT2D eigenvalue weighted by Crippen LogP contribution is 2.42. The van der Waals surface area contributed by atoms with E-state index >= 15 is 0 Å². The van der Waals surface area contributed by atoms with E-state index < -0.39 is 11.2 Å². The van der Waals surface area contributed by atoms with E-state index in [0.717, 1.165) is 10.0 Å². The lowest BCUT2D eigenvalue weighted by molar-refractivity contribution is -0.117. The van der Waals surface area contributed by atoms with Crippen LogP contribution in [0.2, 0.25) is 5.02 Å². The van der Waals surface area contributed by atoms with Gasteiger partial charge in [0.05, 0.1) is 5.25 Å². The number of benzene rings is 2. The lowest BCUT2D eigenvalue weighted by atomic mass is 10.1. The monoisotopic (exact) mass is 475 g/mol. The Hall–Kier alpha value is -2.27. The standard InChI is InChI=1S/C20H15BrClN3O2S/c1-24-18(26)16(11-23)20-25(15-8-4-13(21)5-9-15)19(27)17(28-20)10-12-2-6-14(22)7-3-12/h2-9,17H,10H2,1H3,(H,24,26). The molecule has 0 radical (unpaired) electrons. The van der Waals surface area contributed by atoms with Crippen LogP contribution in [-0.2, 0) is 16.0 Å². The second-order valence-corrected chi connectivity index (χ2v) is 8.50. The van der Waals surface area contributed by atoms with Gasteiger partial charge in [0.15, 0.2) is 0 Å². The van der Waals surface area contributed by atoms with Crippen molar-refractivity contribution in [1.82, 2.24) is 5.32 Å². The molecule has 1 unspecified atom stereocenters. The molecule has 3 rings (SSSR count). The van der Waals surface area contributed by atoms with E-state index in [4.69, 9.17) is 11.6 Å². The highest BCUT2D eigenvalue weighted by molar-refractivity contribution is 9.10. The van der Waals surface area contributed by atoms with Crippen LogP contribution in [-0.4, -0.2) is 24.1 Å². The molecular weight excluding hydrogens is 462 g/mol. The fraction of sp³-hybridized carbons (Fsp3) is 0.150. The normalized spacial score (nSPS) is 18.0. The largest absolute Gasteiger partial charge is 0.354 e. The topological polar surface area (TPSA) is 73.2 Å². The molecule has 1 saturated heterocycles. The maximum absolute atomic E-state index is 13.2. The fourth-order valence-electron chi connectivity index (χ4n) is 2.77. The third kappa shape index (κ3) is 4.25. The first-order valence-corrected chi connectivity index (χ1v) is 10.4. The van der Waals surface area contributed by atoms with Crippen LogP contribution < -0.4 is 10.2 Å². The summed E-state index contributed by atoms with van der Waals surface area (Å²) in [6, 6.07) is 16.4. The van der Waals surface area contributed by atoms with Gasteiger partial charge >= 0.3 is 0 Å². The first-order chi connectivity index (χ1) is 13.4. The number of nitriles is 1. The number of hydrogen-bond donors (Lipinski definition) is 1. The number of carbonyl (C=O) groups is 2. The molecule has 1 heterocycles. The van der Waals surface area contributed by atoms with Crippen molar-refractivity contribution in [2.24, 2.45) is 0 Å². The maximum atomic E-state index is 13.2. The van der Waals surface area contributed by atoms with Crippen molar-refractivity contribution in [2.75, 3.05) is 11.9 Å². The van der Waals surface area contributed by atoms with Gasteiger partial charge in [0.1, 0.15) is 16.7 Å². The molecule has 2 aromatic carbocycles. The van der Waals surface area contributed by atoms with Crippen molar-refractivity contribution < 1.29 is 9.59 Å². The second kappa shape index (κ2) is 8.82. The maximum Gasteiger partial charge on any atom is 0.264 e. The molecular formula is C20H15BrClN3O2S. The minimum Gasteiger partial charge on any atom is -0.354 e. The Morgan fingerprint density at radius 3 is 2.46 bits per heavy atom. The Balaban J connectivity index is 2.03. The zero-order valence-electron chi connectivity index (χ0n) is 14.8. The van der Waals surface area contributed by atoms with E-state index in [0.29, 0.717) is 22.2 Å². The van der Waals surface area contributed by atoms with E-state index in [1.807, 2.05) is 30.3 Å². The van der Waals surface area contributed by atoms with Crippen LogP contribution in [0.5, 0.6) is 0 Å². The predicted octanol–water partition coefficient (Wildman–Crippen LogP) is 4.27. The number of anilines is 1. The SMILES string of the molecule is CNC(=O)C(C#N)=C1SC(Cc2ccc(Cl)cc2)C(=O)N1c1ccc(Br)cc1. The molecule has 5 nitrogen and oxygen atoms in total. The summed E-state index contributed by atoms with van der Waals surface area (Å²) in [5.74, 6) is -0.694. The molecule has 0 saturated carbocycles. The number of amides is 2. The van der Waals surface area contributed by atoms with Crippen LogP contribution in [0.3, 0.4) is 0 Å². The van der Waals surface area contributed by atoms with Crippen molar-refractivity contribution in [3.8, 4) is 6.07 Å². The number of halogens is 2. The highest BCUT2D eigenvalue weighted by atomic mass is 79.9. The highest BCUT2D eigenvalue weighted by Gasteiger charge is 2.40. The Bertz CT molecular complexity index is 984. The van der Waals surface area contributed by atoms with Crippen molar-refractivity contribution >= 4 is 56.8 Å². The summed E-state index contributed by atoms with van der Waals surface area (Å²) in [5.41, 5.74) is 1.47. The van der Waals surface area contributed by atoms with Gasteiger partial charge in [-0.3, -0.25) is 14.5 Å². The molecule has 1 N–H and O–H groups in total. The first kappa shape index (κ1) is 20.5. The van der Waals surface area contributed by atoms with E-state index in [2.05, 4.69) is 21.2 Å². The van der Waals surface area contributed by atoms with Gasteiger partial charge in [0.2, 0.25) is 5.91 Å². The third-order valence-electron chi connectivity index (χ3n) is 4.15. The van der Waals surface area contributed by atoms with Crippen LogP contribution >= 0.6 is 39.3 Å². The number of likely N-dealkylation sites (N-methyl/N-ethyl adjacent to an activating group) is 1. The molecule has 1 aliphatic rings. The van der Waals surface area contributed by atoms with E-state index in [-0.39, 0.29) is 11.5 Å². The third-order valence-corrected chi connectivity index (χ3v) is 6.20. The van der Waals surface area contributed by atoms with Crippen molar-refractivity contribution in [3.05, 3.63) is 74.2 Å². The van der Waals surface area contributed by atoms with Crippen molar-refractivity contribution in [3.63, 3.8) is 0 Å². The van der Waals surface area contributed by atoms with Crippen LogP contribution in [0, 0.1) is 11.3 Å². The van der Waals surface area contributed by atoms with Crippen molar-refractivity contribution in [1.29, 1.82) is 5.26 Å². The number of rotatable bonds is 4. The Morgan fingerprint density at radius 2 is 1.89 bits per heavy atom. The number of hydrogen-bond acceptors (Lipinski definition) is 4. The molecule has 2 amide bonds. The molecule has 0 aliphatic carbocycles. The molecule has 0 aromatic heterocycles. The molecule has 28 heavy (non-hydrogen) atoms. The van der Waals surface area contributed by atoms with E-state index in [1.165, 1.54) is 23.7 Å². The van der Waals surface area contributed by atoms with Gasteiger partial charge < -0.3 is 5.32 Å². The smallest absolute Gasteiger partial charge is 0.264 e. The average Bonchev–Trinajstić information content (AvgIpc) is 3.00. The van der Waals surface area contributed by atoms with Gasteiger partial charge in [-0.2, -0.15) is 5.26 Å². The molecule has 0 bridgehead atoms. The summed E-state index contributed by atoms with van der Waals surface area (Å²) < 4.78 is 0.866. The number of nitrogens with one attached hydrogen (secondary N) is 1. The molecule has 0 spiro atoms. The van der Waals surface area contributed by atoms with Gasteiger partial charge in [0, 0.05) is 22.2 Å². The zero-order valence-corrected chi connectivity index (χ0v) is 17.9. The first-order valence-electron chi connectivity index (χ1n) is 8.31. The Kier molecular flexibility index (Phi) is 6.45. The predicted molar refractivity (Wildman–Crippen MR) is 115 cm³/mol. The van der Waals surface area contributed by atoms with E-state index in [9.17, 15) is 14.9 Å². The molecule has 8 heteroatoms. The van der Waals surface area contributed by atoms with Crippen LogP contribution in [0.4, 0.5) is 5.69 Å². The number of thioether (sulfide) groups is 1. The molecule has 1 fully saturated rings. The minimum absolute atomic E-state index is 0.0811. The second-order valence-electron chi connectivity index (χ2n) is 5.96. The van der Waals surface area contributed by atoms with E-state index in [1.54, 1.807) is 24.3 Å². The summed E-state index contributed by atoms with van der Waals surface area (Å²) in [7, 11) is 1.46. The average molecular weight is 477 g/mol. The fourth-order valence-corrected chi connectivity index (χ4v) is 4.47. The summed E-state index contributed by atoms with van der Waals surface area (Å²) in [4.78, 5) is 26.9. The lowest BCUT2D eigenvalue weighted by Crippen LogP contribution is -2.31. The van der Waals surface area contributed by atoms with Gasteiger partial charge in [-0.05, 0) is 48.4 Å². The van der Waals surface area contributed by atoms with Gasteiger partial charge in [-0.15, -0.1) is 0 Å². The lowest BCUT2D eigenvalue weighted by Gasteiger charge is -2.18. The summed E-state index contributed by atoms with van der Waals surface area (Å²) in [5, 5.41) is 12.5. The van der Waals surface area contributed by atoms with Crippen molar-refractivity contribution in [2.45, 2.75) is 11.7 Å². The van der Waals surface area contributed by atoms with Crippen LogP contribution in [0.25, 0.3) is 0 Å². The van der Waals surface area contributed by atoms with Gasteiger partial charge in [-0.1, -0.05) is 51.4 Å². The minimum atomic E-state index is -0.521. The molecule has 1 atom stereocenters. The van der Waals surface area contributed by atoms with Gasteiger partial charge in [0.25, 0.3) is 5.91 Å². The quantitative estimate of drug-likeness (QED) is 0.528. The molecule has 142 valence electrons. The summed E-state index contributed by atoms with van der Waals surface area (Å²) in [6.07, 6.45) is 0.462. The number of carbonyl (C=O) groups excluding carboxylic acids is 2. The summed E-state index contributed by atoms with van der Waals surface area (Å²) >= 11 is 10.5. The molecule has 1 aliphatic heterocycles. The zero-order chi connectivity index (χ0) is 20.3. The Labute approximate surface area is 180 Å². The van der Waals surface area contributed by atoms with Gasteiger partial charge in [-0.25, -0.2) is 0 Å². The van der Waals surface area contributed by atoms with Crippen LogP contribution in [0.15, 0.2) is 63.6 Å². The van der Waals surface area contributed by atoms with Crippen LogP contribution in [0.1, 0.15) is 5.56 Å².